The van der Waals surface area contributed by atoms with Gasteiger partial charge >= 0.3 is 0 Å². The van der Waals surface area contributed by atoms with Gasteiger partial charge in [0.2, 0.25) is 0 Å². The topological polar surface area (TPSA) is 59.5 Å². The van der Waals surface area contributed by atoms with E-state index in [9.17, 15) is 0 Å². The molecule has 6 nitrogen and oxygen atoms in total. The average Bonchev–Trinajstić information content (AvgIpc) is 3.09. The van der Waals surface area contributed by atoms with E-state index >= 15 is 0 Å². The van der Waals surface area contributed by atoms with Gasteiger partial charge in [-0.15, -0.1) is 11.3 Å². The number of nitrogens with zero attached hydrogens (tertiary/aromatic N) is 3. The highest BCUT2D eigenvalue weighted by Gasteiger charge is 2.31. The number of hydrogen-bond acceptors (Lipinski definition) is 8. The monoisotopic (exact) mass is 450 g/mol. The van der Waals surface area contributed by atoms with Crippen LogP contribution in [0.4, 0.5) is 5.82 Å². The van der Waals surface area contributed by atoms with E-state index in [4.69, 9.17) is 19.4 Å². The summed E-state index contributed by atoms with van der Waals surface area (Å²) < 4.78 is 11.5. The molecule has 0 amide bonds. The van der Waals surface area contributed by atoms with Crippen molar-refractivity contribution in [2.45, 2.75) is 63.8 Å². The van der Waals surface area contributed by atoms with Crippen LogP contribution >= 0.6 is 23.1 Å². The highest BCUT2D eigenvalue weighted by Crippen LogP contribution is 2.41. The molecule has 166 valence electrons. The van der Waals surface area contributed by atoms with Crippen LogP contribution in [0.5, 0.6) is 0 Å². The van der Waals surface area contributed by atoms with Crippen LogP contribution in [0.1, 0.15) is 50.5 Å². The Morgan fingerprint density at radius 2 is 2.03 bits per heavy atom. The van der Waals surface area contributed by atoms with Gasteiger partial charge in [0.15, 0.2) is 5.16 Å². The molecule has 2 aliphatic heterocycles. The summed E-state index contributed by atoms with van der Waals surface area (Å²) in [5.74, 6) is 2.08. The van der Waals surface area contributed by atoms with Crippen molar-refractivity contribution < 1.29 is 9.47 Å². The number of hydrogen-bond donors (Lipinski definition) is 1. The fourth-order valence-electron chi connectivity index (χ4n) is 3.96. The fraction of sp³-hybridized carbons (Fsp3) is 0.727. The highest BCUT2D eigenvalue weighted by atomic mass is 32.2. The van der Waals surface area contributed by atoms with Gasteiger partial charge in [0, 0.05) is 36.7 Å². The van der Waals surface area contributed by atoms with E-state index in [2.05, 4.69) is 31.0 Å². The summed E-state index contributed by atoms with van der Waals surface area (Å²) in [7, 11) is 0. The van der Waals surface area contributed by atoms with Gasteiger partial charge in [-0.05, 0) is 38.8 Å². The molecule has 30 heavy (non-hydrogen) atoms. The van der Waals surface area contributed by atoms with Gasteiger partial charge in [0.05, 0.1) is 30.8 Å². The number of aromatic nitrogens is 2. The maximum atomic E-state index is 6.06. The smallest absolute Gasteiger partial charge is 0.190 e. The van der Waals surface area contributed by atoms with Gasteiger partial charge in [-0.3, -0.25) is 4.90 Å². The summed E-state index contributed by atoms with van der Waals surface area (Å²) in [6.07, 6.45) is 4.40. The van der Waals surface area contributed by atoms with Gasteiger partial charge in [-0.1, -0.05) is 25.1 Å². The number of fused-ring (bicyclic) bond motifs is 3. The molecule has 2 aromatic rings. The second-order valence-corrected chi connectivity index (χ2v) is 10.8. The minimum atomic E-state index is -0.136. The Balaban J connectivity index is 1.52. The first-order valence-electron chi connectivity index (χ1n) is 11.2. The lowest BCUT2D eigenvalue weighted by Gasteiger charge is -2.30. The van der Waals surface area contributed by atoms with Crippen LogP contribution in [-0.4, -0.2) is 65.6 Å². The van der Waals surface area contributed by atoms with Crippen LogP contribution in [0.2, 0.25) is 0 Å². The number of rotatable bonds is 9. The maximum absolute atomic E-state index is 6.06. The predicted octanol–water partition coefficient (Wildman–Crippen LogP) is 4.57. The lowest BCUT2D eigenvalue weighted by molar-refractivity contribution is -0.0379. The molecule has 0 saturated carbocycles. The maximum Gasteiger partial charge on any atom is 0.190 e. The van der Waals surface area contributed by atoms with E-state index in [1.165, 1.54) is 28.7 Å². The Labute approximate surface area is 188 Å². The van der Waals surface area contributed by atoms with Crippen LogP contribution in [0.15, 0.2) is 5.16 Å². The molecule has 1 N–H and O–H groups in total. The molecule has 2 aromatic heterocycles. The lowest BCUT2D eigenvalue weighted by atomic mass is 9.94. The molecule has 0 unspecified atom stereocenters. The molecule has 1 saturated heterocycles. The first-order valence-corrected chi connectivity index (χ1v) is 13.0. The second-order valence-electron chi connectivity index (χ2n) is 8.70. The van der Waals surface area contributed by atoms with E-state index in [0.29, 0.717) is 6.61 Å². The first-order chi connectivity index (χ1) is 14.6. The van der Waals surface area contributed by atoms with Crippen molar-refractivity contribution in [2.24, 2.45) is 0 Å². The highest BCUT2D eigenvalue weighted by molar-refractivity contribution is 7.99. The summed E-state index contributed by atoms with van der Waals surface area (Å²) in [4.78, 5) is 14.8. The number of thiophene rings is 1. The zero-order chi connectivity index (χ0) is 21.0. The van der Waals surface area contributed by atoms with Gasteiger partial charge in [0.1, 0.15) is 10.6 Å². The van der Waals surface area contributed by atoms with Crippen molar-refractivity contribution in [1.82, 2.24) is 14.9 Å². The Kier molecular flexibility index (Phi) is 7.52. The molecule has 0 radical (unpaired) electrons. The van der Waals surface area contributed by atoms with Crippen molar-refractivity contribution in [2.75, 3.05) is 50.5 Å². The standard InChI is InChI=1S/C22H34N4O2S2/c1-4-5-13-29-21-24-19(23-7-6-8-26-9-11-27-12-10-26)18-16-14-22(2,3)28-15-17(16)30-20(18)25-21/h4-15H2,1-3H3,(H,23,24,25). The summed E-state index contributed by atoms with van der Waals surface area (Å²) in [6.45, 7) is 13.1. The zero-order valence-corrected chi connectivity index (χ0v) is 20.1. The Hall–Kier alpha value is -0.930. The Morgan fingerprint density at radius 1 is 1.20 bits per heavy atom. The number of nitrogens with one attached hydrogen (secondary N) is 1. The molecular weight excluding hydrogens is 416 g/mol. The van der Waals surface area contributed by atoms with Gasteiger partial charge in [-0.2, -0.15) is 0 Å². The minimum absolute atomic E-state index is 0.136. The van der Waals surface area contributed by atoms with Gasteiger partial charge in [0.25, 0.3) is 0 Å². The number of ether oxygens (including phenoxy) is 2. The normalized spacial score (nSPS) is 19.2. The SMILES string of the molecule is CCCCSc1nc(NCCCN2CCOCC2)c2c3c(sc2n1)COC(C)(C)C3. The molecule has 0 aliphatic carbocycles. The number of unbranched alkanes of at least 4 members (excludes halogenated alkanes) is 1. The summed E-state index contributed by atoms with van der Waals surface area (Å²) in [5, 5.41) is 5.78. The van der Waals surface area contributed by atoms with E-state index in [-0.39, 0.29) is 5.60 Å². The fourth-order valence-corrected chi connectivity index (χ4v) is 6.05. The Morgan fingerprint density at radius 3 is 2.83 bits per heavy atom. The van der Waals surface area contributed by atoms with Crippen LogP contribution in [0, 0.1) is 0 Å². The summed E-state index contributed by atoms with van der Waals surface area (Å²) in [5.41, 5.74) is 1.25. The predicted molar refractivity (Wildman–Crippen MR) is 126 cm³/mol. The number of anilines is 1. The van der Waals surface area contributed by atoms with E-state index in [1.54, 1.807) is 23.1 Å². The van der Waals surface area contributed by atoms with E-state index in [0.717, 1.165) is 73.8 Å². The number of morpholine rings is 1. The molecule has 4 heterocycles. The van der Waals surface area contributed by atoms with Crippen molar-refractivity contribution in [3.63, 3.8) is 0 Å². The quantitative estimate of drug-likeness (QED) is 0.341. The van der Waals surface area contributed by atoms with E-state index < -0.39 is 0 Å². The molecule has 2 aliphatic rings. The third kappa shape index (κ3) is 5.46. The van der Waals surface area contributed by atoms with Crippen LogP contribution in [0.3, 0.4) is 0 Å². The van der Waals surface area contributed by atoms with Crippen LogP contribution in [-0.2, 0) is 22.5 Å². The zero-order valence-electron chi connectivity index (χ0n) is 18.5. The largest absolute Gasteiger partial charge is 0.379 e. The molecule has 0 spiro atoms. The van der Waals surface area contributed by atoms with E-state index in [1.807, 2.05) is 0 Å². The van der Waals surface area contributed by atoms with Crippen molar-refractivity contribution in [1.29, 1.82) is 0 Å². The first kappa shape index (κ1) is 22.3. The molecule has 0 bridgehead atoms. The molecular formula is C22H34N4O2S2. The third-order valence-corrected chi connectivity index (χ3v) is 7.72. The van der Waals surface area contributed by atoms with Crippen LogP contribution in [0.25, 0.3) is 10.2 Å². The average molecular weight is 451 g/mol. The summed E-state index contributed by atoms with van der Waals surface area (Å²) >= 11 is 3.55. The van der Waals surface area contributed by atoms with Crippen molar-refractivity contribution in [3.8, 4) is 0 Å². The summed E-state index contributed by atoms with van der Waals surface area (Å²) in [6, 6.07) is 0. The molecule has 0 aromatic carbocycles. The molecule has 0 atom stereocenters. The lowest BCUT2D eigenvalue weighted by Crippen LogP contribution is -2.37. The second kappa shape index (κ2) is 10.1. The third-order valence-electron chi connectivity index (χ3n) is 5.69. The molecule has 4 rings (SSSR count). The van der Waals surface area contributed by atoms with Crippen LogP contribution < -0.4 is 5.32 Å². The minimum Gasteiger partial charge on any atom is -0.379 e. The molecule has 8 heteroatoms. The molecule has 1 fully saturated rings. The number of thioether (sulfide) groups is 1. The Bertz CT molecular complexity index is 849. The van der Waals surface area contributed by atoms with Crippen molar-refractivity contribution >= 4 is 39.1 Å². The van der Waals surface area contributed by atoms with Gasteiger partial charge in [-0.25, -0.2) is 9.97 Å². The van der Waals surface area contributed by atoms with Gasteiger partial charge < -0.3 is 14.8 Å². The van der Waals surface area contributed by atoms with Crippen molar-refractivity contribution in [3.05, 3.63) is 10.4 Å².